The highest BCUT2D eigenvalue weighted by Gasteiger charge is 2.19. The van der Waals surface area contributed by atoms with Crippen LogP contribution in [0.1, 0.15) is 28.7 Å². The predicted molar refractivity (Wildman–Crippen MR) is 68.1 cm³/mol. The summed E-state index contributed by atoms with van der Waals surface area (Å²) in [6.07, 6.45) is 0. The van der Waals surface area contributed by atoms with E-state index in [-0.39, 0.29) is 24.1 Å². The number of nitrogens with one attached hydrogen (secondary N) is 1. The van der Waals surface area contributed by atoms with E-state index in [2.05, 4.69) is 10.4 Å². The molecule has 0 bridgehead atoms. The van der Waals surface area contributed by atoms with Gasteiger partial charge in [-0.1, -0.05) is 0 Å². The first-order valence-corrected chi connectivity index (χ1v) is 5.92. The van der Waals surface area contributed by atoms with Gasteiger partial charge < -0.3 is 15.2 Å². The molecule has 0 saturated carbocycles. The van der Waals surface area contributed by atoms with Gasteiger partial charge in [-0.05, 0) is 20.8 Å². The Morgan fingerprint density at radius 1 is 1.47 bits per heavy atom. The molecule has 0 fully saturated rings. The second kappa shape index (κ2) is 6.33. The maximum Gasteiger partial charge on any atom is 0.339 e. The van der Waals surface area contributed by atoms with Crippen LogP contribution in [0.25, 0.3) is 0 Å². The number of rotatable bonds is 6. The van der Waals surface area contributed by atoms with Crippen LogP contribution < -0.4 is 5.32 Å². The molecule has 0 aromatic carbocycles. The quantitative estimate of drug-likeness (QED) is 0.777. The summed E-state index contributed by atoms with van der Waals surface area (Å²) in [5, 5.41) is 15.8. The summed E-state index contributed by atoms with van der Waals surface area (Å²) in [4.78, 5) is 22.8. The minimum atomic E-state index is -1.03. The fourth-order valence-corrected chi connectivity index (χ4v) is 1.91. The third-order valence-corrected chi connectivity index (χ3v) is 2.71. The SMILES string of the molecule is COCC(C)NC(=O)Cn1nc(C)c(C(=O)O)c1C. The number of aromatic nitrogens is 2. The van der Waals surface area contributed by atoms with Crippen molar-refractivity contribution in [3.8, 4) is 0 Å². The van der Waals surface area contributed by atoms with Gasteiger partial charge in [-0.2, -0.15) is 5.10 Å². The minimum absolute atomic E-state index is 0.00594. The highest BCUT2D eigenvalue weighted by molar-refractivity contribution is 5.90. The number of amides is 1. The number of nitrogens with zero attached hydrogens (tertiary/aromatic N) is 2. The number of carboxylic acid groups (broad SMARTS) is 1. The lowest BCUT2D eigenvalue weighted by atomic mass is 10.2. The van der Waals surface area contributed by atoms with Crippen molar-refractivity contribution in [3.63, 3.8) is 0 Å². The Morgan fingerprint density at radius 2 is 2.11 bits per heavy atom. The average Bonchev–Trinajstić information content (AvgIpc) is 2.53. The second-order valence-corrected chi connectivity index (χ2v) is 4.43. The van der Waals surface area contributed by atoms with Gasteiger partial charge in [0.1, 0.15) is 12.1 Å². The van der Waals surface area contributed by atoms with Crippen molar-refractivity contribution in [2.45, 2.75) is 33.4 Å². The molecule has 1 unspecified atom stereocenters. The molecule has 1 amide bonds. The van der Waals surface area contributed by atoms with Crippen molar-refractivity contribution >= 4 is 11.9 Å². The molecular formula is C12H19N3O4. The Hall–Kier alpha value is -1.89. The summed E-state index contributed by atoms with van der Waals surface area (Å²) >= 11 is 0. The first-order chi connectivity index (χ1) is 8.86. The summed E-state index contributed by atoms with van der Waals surface area (Å²) in [6, 6.07) is -0.103. The predicted octanol–water partition coefficient (Wildman–Crippen LogP) is 0.349. The zero-order valence-corrected chi connectivity index (χ0v) is 11.6. The van der Waals surface area contributed by atoms with Crippen LogP contribution in [-0.2, 0) is 16.1 Å². The number of aryl methyl sites for hydroxylation is 1. The fraction of sp³-hybridized carbons (Fsp3) is 0.583. The van der Waals surface area contributed by atoms with Gasteiger partial charge in [0.25, 0.3) is 0 Å². The molecule has 0 spiro atoms. The zero-order chi connectivity index (χ0) is 14.6. The summed E-state index contributed by atoms with van der Waals surface area (Å²) < 4.78 is 6.31. The Morgan fingerprint density at radius 3 is 2.58 bits per heavy atom. The summed E-state index contributed by atoms with van der Waals surface area (Å²) in [5.74, 6) is -1.26. The number of carbonyl (C=O) groups is 2. The number of carboxylic acids is 1. The van der Waals surface area contributed by atoms with Gasteiger partial charge in [0.05, 0.1) is 18.0 Å². The fourth-order valence-electron chi connectivity index (χ4n) is 1.91. The maximum atomic E-state index is 11.8. The van der Waals surface area contributed by atoms with Gasteiger partial charge in [-0.25, -0.2) is 4.79 Å². The Bertz CT molecular complexity index is 482. The zero-order valence-electron chi connectivity index (χ0n) is 11.6. The van der Waals surface area contributed by atoms with E-state index in [1.54, 1.807) is 21.0 Å². The molecule has 1 heterocycles. The van der Waals surface area contributed by atoms with Gasteiger partial charge in [0, 0.05) is 13.2 Å². The number of methoxy groups -OCH3 is 1. The molecule has 0 aliphatic carbocycles. The molecule has 1 rings (SSSR count). The summed E-state index contributed by atoms with van der Waals surface area (Å²) in [7, 11) is 1.56. The summed E-state index contributed by atoms with van der Waals surface area (Å²) in [6.45, 7) is 5.48. The molecule has 0 aliphatic heterocycles. The third-order valence-electron chi connectivity index (χ3n) is 2.71. The largest absolute Gasteiger partial charge is 0.478 e. The Kier molecular flexibility index (Phi) is 5.05. The van der Waals surface area contributed by atoms with E-state index in [1.807, 2.05) is 6.92 Å². The van der Waals surface area contributed by atoms with E-state index in [0.717, 1.165) is 0 Å². The van der Waals surface area contributed by atoms with E-state index >= 15 is 0 Å². The van der Waals surface area contributed by atoms with E-state index in [0.29, 0.717) is 18.0 Å². The van der Waals surface area contributed by atoms with Crippen molar-refractivity contribution in [2.24, 2.45) is 0 Å². The monoisotopic (exact) mass is 269 g/mol. The van der Waals surface area contributed by atoms with Crippen molar-refractivity contribution < 1.29 is 19.4 Å². The molecule has 7 heteroatoms. The second-order valence-electron chi connectivity index (χ2n) is 4.43. The van der Waals surface area contributed by atoms with Gasteiger partial charge in [-0.3, -0.25) is 9.48 Å². The molecule has 106 valence electrons. The topological polar surface area (TPSA) is 93.5 Å². The Balaban J connectivity index is 2.75. The molecule has 1 atom stereocenters. The molecule has 0 aliphatic rings. The molecular weight excluding hydrogens is 250 g/mol. The highest BCUT2D eigenvalue weighted by atomic mass is 16.5. The van der Waals surface area contributed by atoms with E-state index in [1.165, 1.54) is 4.68 Å². The van der Waals surface area contributed by atoms with Crippen molar-refractivity contribution in [1.29, 1.82) is 0 Å². The first-order valence-electron chi connectivity index (χ1n) is 5.92. The third kappa shape index (κ3) is 3.78. The lowest BCUT2D eigenvalue weighted by Gasteiger charge is -2.13. The maximum absolute atomic E-state index is 11.8. The van der Waals surface area contributed by atoms with Crippen LogP contribution in [0.15, 0.2) is 0 Å². The van der Waals surface area contributed by atoms with Crippen LogP contribution >= 0.6 is 0 Å². The van der Waals surface area contributed by atoms with Crippen LogP contribution in [0.5, 0.6) is 0 Å². The van der Waals surface area contributed by atoms with Crippen LogP contribution in [0, 0.1) is 13.8 Å². The number of hydrogen-bond donors (Lipinski definition) is 2. The van der Waals surface area contributed by atoms with Crippen molar-refractivity contribution in [3.05, 3.63) is 17.0 Å². The lowest BCUT2D eigenvalue weighted by Crippen LogP contribution is -2.38. The number of ether oxygens (including phenoxy) is 1. The van der Waals surface area contributed by atoms with Gasteiger partial charge in [0.2, 0.25) is 5.91 Å². The number of hydrogen-bond acceptors (Lipinski definition) is 4. The van der Waals surface area contributed by atoms with E-state index < -0.39 is 5.97 Å². The Labute approximate surface area is 111 Å². The van der Waals surface area contributed by atoms with Crippen molar-refractivity contribution in [2.75, 3.05) is 13.7 Å². The van der Waals surface area contributed by atoms with Crippen LogP contribution in [0.4, 0.5) is 0 Å². The number of carbonyl (C=O) groups excluding carboxylic acids is 1. The minimum Gasteiger partial charge on any atom is -0.478 e. The molecule has 0 radical (unpaired) electrons. The molecule has 19 heavy (non-hydrogen) atoms. The van der Waals surface area contributed by atoms with E-state index in [4.69, 9.17) is 9.84 Å². The average molecular weight is 269 g/mol. The van der Waals surface area contributed by atoms with Crippen LogP contribution in [0.3, 0.4) is 0 Å². The van der Waals surface area contributed by atoms with Gasteiger partial charge >= 0.3 is 5.97 Å². The normalized spacial score (nSPS) is 12.2. The molecule has 1 aromatic heterocycles. The first kappa shape index (κ1) is 15.2. The van der Waals surface area contributed by atoms with E-state index in [9.17, 15) is 9.59 Å². The summed E-state index contributed by atoms with van der Waals surface area (Å²) in [5.41, 5.74) is 1.03. The lowest BCUT2D eigenvalue weighted by molar-refractivity contribution is -0.122. The molecule has 1 aromatic rings. The van der Waals surface area contributed by atoms with Gasteiger partial charge in [0.15, 0.2) is 0 Å². The molecule has 2 N–H and O–H groups in total. The van der Waals surface area contributed by atoms with Crippen LogP contribution in [-0.4, -0.2) is 46.5 Å². The van der Waals surface area contributed by atoms with Crippen molar-refractivity contribution in [1.82, 2.24) is 15.1 Å². The smallest absolute Gasteiger partial charge is 0.339 e. The van der Waals surface area contributed by atoms with Crippen LogP contribution in [0.2, 0.25) is 0 Å². The highest BCUT2D eigenvalue weighted by Crippen LogP contribution is 2.12. The van der Waals surface area contributed by atoms with Gasteiger partial charge in [-0.15, -0.1) is 0 Å². The number of aromatic carboxylic acids is 1. The standard InChI is InChI=1S/C12H19N3O4/c1-7(6-19-4)13-10(16)5-15-9(3)11(12(17)18)8(2)14-15/h7H,5-6H2,1-4H3,(H,13,16)(H,17,18). The molecule has 0 saturated heterocycles. The molecule has 7 nitrogen and oxygen atoms in total.